The lowest BCUT2D eigenvalue weighted by Crippen LogP contribution is -2.32. The van der Waals surface area contributed by atoms with E-state index in [9.17, 15) is 9.59 Å². The molecule has 0 saturated carbocycles. The van der Waals surface area contributed by atoms with Crippen molar-refractivity contribution in [1.29, 1.82) is 0 Å². The van der Waals surface area contributed by atoms with E-state index in [2.05, 4.69) is 5.32 Å². The van der Waals surface area contributed by atoms with Crippen LogP contribution in [0.2, 0.25) is 5.02 Å². The molecule has 3 aromatic rings. The van der Waals surface area contributed by atoms with E-state index in [1.807, 2.05) is 75.4 Å². The van der Waals surface area contributed by atoms with Gasteiger partial charge in [-0.3, -0.25) is 14.5 Å². The Morgan fingerprint density at radius 2 is 1.45 bits per heavy atom. The van der Waals surface area contributed by atoms with E-state index in [-0.39, 0.29) is 18.4 Å². The van der Waals surface area contributed by atoms with E-state index in [0.29, 0.717) is 16.3 Å². The Hall–Kier alpha value is -3.37. The van der Waals surface area contributed by atoms with Crippen molar-refractivity contribution in [3.05, 3.63) is 105 Å². The number of imide groups is 1. The largest absolute Gasteiger partial charge is 0.350 e. The Labute approximate surface area is 187 Å². The smallest absolute Gasteiger partial charge is 0.278 e. The average molecular weight is 431 g/mol. The summed E-state index contributed by atoms with van der Waals surface area (Å²) < 4.78 is 0. The Morgan fingerprint density at radius 3 is 2.10 bits per heavy atom. The maximum absolute atomic E-state index is 13.4. The quantitative estimate of drug-likeness (QED) is 0.531. The minimum absolute atomic E-state index is 0.183. The lowest BCUT2D eigenvalue weighted by Gasteiger charge is -2.16. The number of rotatable bonds is 5. The summed E-state index contributed by atoms with van der Waals surface area (Å²) in [7, 11) is 0. The minimum Gasteiger partial charge on any atom is -0.350 e. The molecule has 4 rings (SSSR count). The van der Waals surface area contributed by atoms with Crippen LogP contribution in [0.25, 0.3) is 5.57 Å². The van der Waals surface area contributed by atoms with Gasteiger partial charge in [0.1, 0.15) is 5.70 Å². The number of amides is 2. The van der Waals surface area contributed by atoms with Gasteiger partial charge in [0.25, 0.3) is 11.8 Å². The fourth-order valence-electron chi connectivity index (χ4n) is 3.68. The molecule has 1 aliphatic rings. The van der Waals surface area contributed by atoms with Gasteiger partial charge in [0.2, 0.25) is 0 Å². The first-order valence-electron chi connectivity index (χ1n) is 10.1. The summed E-state index contributed by atoms with van der Waals surface area (Å²) in [4.78, 5) is 28.1. The molecule has 1 aliphatic heterocycles. The maximum Gasteiger partial charge on any atom is 0.278 e. The highest BCUT2D eigenvalue weighted by molar-refractivity contribution is 6.36. The van der Waals surface area contributed by atoms with Crippen molar-refractivity contribution in [3.63, 3.8) is 0 Å². The predicted molar refractivity (Wildman–Crippen MR) is 125 cm³/mol. The normalized spacial score (nSPS) is 13.9. The molecule has 0 radical (unpaired) electrons. The van der Waals surface area contributed by atoms with Crippen molar-refractivity contribution >= 4 is 34.7 Å². The molecule has 0 saturated heterocycles. The molecule has 0 aliphatic carbocycles. The van der Waals surface area contributed by atoms with Gasteiger partial charge < -0.3 is 5.32 Å². The van der Waals surface area contributed by atoms with E-state index >= 15 is 0 Å². The molecule has 0 aromatic heterocycles. The van der Waals surface area contributed by atoms with Crippen molar-refractivity contribution in [2.24, 2.45) is 0 Å². The number of carbonyl (C=O) groups is 2. The zero-order chi connectivity index (χ0) is 22.1. The fraction of sp³-hybridized carbons (Fsp3) is 0.154. The molecule has 0 spiro atoms. The third-order valence-corrected chi connectivity index (χ3v) is 5.66. The van der Waals surface area contributed by atoms with Gasteiger partial charge in [-0.2, -0.15) is 0 Å². The van der Waals surface area contributed by atoms with Crippen LogP contribution in [0.3, 0.4) is 0 Å². The highest BCUT2D eigenvalue weighted by Gasteiger charge is 2.39. The van der Waals surface area contributed by atoms with Crippen LogP contribution in [0.1, 0.15) is 27.8 Å². The monoisotopic (exact) mass is 430 g/mol. The summed E-state index contributed by atoms with van der Waals surface area (Å²) in [5.74, 6) is -0.647. The highest BCUT2D eigenvalue weighted by Crippen LogP contribution is 2.32. The highest BCUT2D eigenvalue weighted by atomic mass is 35.5. The lowest BCUT2D eigenvalue weighted by atomic mass is 10.0. The molecule has 5 heteroatoms. The second-order valence-corrected chi connectivity index (χ2v) is 8.32. The van der Waals surface area contributed by atoms with Crippen LogP contribution in [0.5, 0.6) is 0 Å². The molecule has 2 amide bonds. The number of nitrogens with one attached hydrogen (secondary N) is 1. The van der Waals surface area contributed by atoms with Gasteiger partial charge >= 0.3 is 0 Å². The van der Waals surface area contributed by atoms with Crippen LogP contribution in [0.15, 0.2) is 72.4 Å². The van der Waals surface area contributed by atoms with E-state index in [1.165, 1.54) is 4.90 Å². The molecule has 4 nitrogen and oxygen atoms in total. The molecule has 1 N–H and O–H groups in total. The van der Waals surface area contributed by atoms with Gasteiger partial charge in [-0.1, -0.05) is 71.3 Å². The van der Waals surface area contributed by atoms with Gasteiger partial charge in [-0.25, -0.2) is 0 Å². The standard InChI is InChI=1S/C26H23ClN2O2/c1-16-4-9-20(10-5-16)23-24(28-22-13-6-17(2)14-18(22)3)26(31)29(25(23)30)15-19-7-11-21(27)12-8-19/h4-14,28H,15H2,1-3H3. The molecule has 0 unspecified atom stereocenters. The first-order chi connectivity index (χ1) is 14.8. The molecule has 1 heterocycles. The van der Waals surface area contributed by atoms with Gasteiger partial charge in [0.15, 0.2) is 0 Å². The van der Waals surface area contributed by atoms with Crippen LogP contribution in [-0.4, -0.2) is 16.7 Å². The molecular formula is C26H23ClN2O2. The van der Waals surface area contributed by atoms with Crippen LogP contribution in [0.4, 0.5) is 5.69 Å². The van der Waals surface area contributed by atoms with E-state index < -0.39 is 0 Å². The summed E-state index contributed by atoms with van der Waals surface area (Å²) in [6.07, 6.45) is 0. The van der Waals surface area contributed by atoms with Crippen LogP contribution in [0, 0.1) is 20.8 Å². The Kier molecular flexibility index (Phi) is 5.66. The number of halogens is 1. The van der Waals surface area contributed by atoms with Crippen molar-refractivity contribution < 1.29 is 9.59 Å². The van der Waals surface area contributed by atoms with Crippen molar-refractivity contribution in [1.82, 2.24) is 4.90 Å². The SMILES string of the molecule is Cc1ccc(C2=C(Nc3ccc(C)cc3C)C(=O)N(Cc3ccc(Cl)cc3)C2=O)cc1. The van der Waals surface area contributed by atoms with Crippen LogP contribution in [-0.2, 0) is 16.1 Å². The Morgan fingerprint density at radius 1 is 0.806 bits per heavy atom. The number of aryl methyl sites for hydroxylation is 3. The number of hydrogen-bond acceptors (Lipinski definition) is 3. The van der Waals surface area contributed by atoms with Crippen LogP contribution < -0.4 is 5.32 Å². The molecule has 0 bridgehead atoms. The third-order valence-electron chi connectivity index (χ3n) is 5.40. The lowest BCUT2D eigenvalue weighted by molar-refractivity contribution is -0.137. The summed E-state index contributed by atoms with van der Waals surface area (Å²) in [6, 6.07) is 20.8. The van der Waals surface area contributed by atoms with E-state index in [0.717, 1.165) is 33.5 Å². The van der Waals surface area contributed by atoms with Crippen molar-refractivity contribution in [2.75, 3.05) is 5.32 Å². The number of hydrogen-bond donors (Lipinski definition) is 1. The maximum atomic E-state index is 13.4. The molecule has 0 fully saturated rings. The number of nitrogens with zero attached hydrogens (tertiary/aromatic N) is 1. The van der Waals surface area contributed by atoms with E-state index in [4.69, 9.17) is 11.6 Å². The van der Waals surface area contributed by atoms with Crippen molar-refractivity contribution in [3.8, 4) is 0 Å². The second-order valence-electron chi connectivity index (χ2n) is 7.88. The zero-order valence-electron chi connectivity index (χ0n) is 17.7. The second kappa shape index (κ2) is 8.40. The Bertz CT molecular complexity index is 1200. The first-order valence-corrected chi connectivity index (χ1v) is 10.5. The van der Waals surface area contributed by atoms with Gasteiger partial charge in [-0.05, 0) is 55.7 Å². The topological polar surface area (TPSA) is 49.4 Å². The summed E-state index contributed by atoms with van der Waals surface area (Å²) in [5.41, 5.74) is 6.27. The summed E-state index contributed by atoms with van der Waals surface area (Å²) in [5, 5.41) is 3.86. The van der Waals surface area contributed by atoms with Gasteiger partial charge in [0, 0.05) is 10.7 Å². The molecule has 3 aromatic carbocycles. The minimum atomic E-state index is -0.337. The van der Waals surface area contributed by atoms with Crippen molar-refractivity contribution in [2.45, 2.75) is 27.3 Å². The third kappa shape index (κ3) is 4.25. The van der Waals surface area contributed by atoms with Gasteiger partial charge in [0.05, 0.1) is 12.1 Å². The Balaban J connectivity index is 1.75. The number of carbonyl (C=O) groups excluding carboxylic acids is 2. The van der Waals surface area contributed by atoms with E-state index in [1.54, 1.807) is 12.1 Å². The molecular weight excluding hydrogens is 408 g/mol. The molecule has 0 atom stereocenters. The zero-order valence-corrected chi connectivity index (χ0v) is 18.5. The number of anilines is 1. The molecule has 156 valence electrons. The van der Waals surface area contributed by atoms with Gasteiger partial charge in [-0.15, -0.1) is 0 Å². The molecule has 31 heavy (non-hydrogen) atoms. The fourth-order valence-corrected chi connectivity index (χ4v) is 3.81. The predicted octanol–water partition coefficient (Wildman–Crippen LogP) is 5.66. The first kappa shape index (κ1) is 20.9. The van der Waals surface area contributed by atoms with Crippen LogP contribution >= 0.6 is 11.6 Å². The summed E-state index contributed by atoms with van der Waals surface area (Å²) in [6.45, 7) is 6.17. The average Bonchev–Trinajstić information content (AvgIpc) is 2.96. The number of benzene rings is 3. The summed E-state index contributed by atoms with van der Waals surface area (Å²) >= 11 is 5.98.